The lowest BCUT2D eigenvalue weighted by atomic mass is 10.1. The Kier molecular flexibility index (Phi) is 4.97. The zero-order valence-corrected chi connectivity index (χ0v) is 11.6. The zero-order valence-electron chi connectivity index (χ0n) is 10.8. The van der Waals surface area contributed by atoms with Crippen molar-refractivity contribution in [3.05, 3.63) is 21.9 Å². The number of carbonyl (C=O) groups is 1. The molecule has 0 saturated carbocycles. The van der Waals surface area contributed by atoms with Gasteiger partial charge in [0.25, 0.3) is 0 Å². The predicted octanol–water partition coefficient (Wildman–Crippen LogP) is 0.789. The first-order valence-corrected chi connectivity index (χ1v) is 7.21. The quantitative estimate of drug-likeness (QED) is 0.800. The summed E-state index contributed by atoms with van der Waals surface area (Å²) in [6, 6.07) is 4.08. The van der Waals surface area contributed by atoms with Crippen LogP contribution in [0.1, 0.15) is 22.6 Å². The molecular formula is C14H18N2O2S. The first-order chi connectivity index (χ1) is 9.19. The number of primary amides is 1. The molecule has 5 heteroatoms. The number of aliphatic hydroxyl groups excluding tert-OH is 1. The van der Waals surface area contributed by atoms with Crippen molar-refractivity contribution in [3.63, 3.8) is 0 Å². The van der Waals surface area contributed by atoms with Gasteiger partial charge in [-0.2, -0.15) is 0 Å². The molecule has 19 heavy (non-hydrogen) atoms. The first kappa shape index (κ1) is 14.1. The van der Waals surface area contributed by atoms with Gasteiger partial charge in [0.15, 0.2) is 0 Å². The van der Waals surface area contributed by atoms with Crippen LogP contribution in [0.25, 0.3) is 0 Å². The lowest BCUT2D eigenvalue weighted by Crippen LogP contribution is -2.27. The molecule has 1 aromatic rings. The van der Waals surface area contributed by atoms with E-state index in [-0.39, 0.29) is 18.4 Å². The third kappa shape index (κ3) is 4.06. The standard InChI is InChI=1S/C14H18N2O2S/c15-14(18)11-6-7-16(9-11)10-13-5-4-12(19-13)3-1-2-8-17/h4-5,11,17H,2,6-10H2,(H2,15,18). The van der Waals surface area contributed by atoms with Crippen molar-refractivity contribution in [1.29, 1.82) is 0 Å². The van der Waals surface area contributed by atoms with Crippen LogP contribution < -0.4 is 5.73 Å². The molecule has 0 spiro atoms. The number of rotatable bonds is 4. The van der Waals surface area contributed by atoms with Gasteiger partial charge in [-0.3, -0.25) is 9.69 Å². The Balaban J connectivity index is 1.87. The molecule has 1 atom stereocenters. The molecule has 1 aliphatic heterocycles. The van der Waals surface area contributed by atoms with Crippen LogP contribution >= 0.6 is 11.3 Å². The Morgan fingerprint density at radius 2 is 2.42 bits per heavy atom. The summed E-state index contributed by atoms with van der Waals surface area (Å²) in [5.41, 5.74) is 5.32. The van der Waals surface area contributed by atoms with Crippen molar-refractivity contribution in [3.8, 4) is 11.8 Å². The van der Waals surface area contributed by atoms with Crippen molar-refractivity contribution in [2.24, 2.45) is 11.7 Å². The highest BCUT2D eigenvalue weighted by Crippen LogP contribution is 2.22. The van der Waals surface area contributed by atoms with Gasteiger partial charge in [-0.25, -0.2) is 0 Å². The summed E-state index contributed by atoms with van der Waals surface area (Å²) in [4.78, 5) is 15.6. The fourth-order valence-corrected chi connectivity index (χ4v) is 3.09. The Morgan fingerprint density at radius 1 is 1.58 bits per heavy atom. The van der Waals surface area contributed by atoms with Crippen molar-refractivity contribution in [2.45, 2.75) is 19.4 Å². The van der Waals surface area contributed by atoms with Crippen LogP contribution in [0.15, 0.2) is 12.1 Å². The van der Waals surface area contributed by atoms with Crippen LogP contribution in [-0.4, -0.2) is 35.6 Å². The van der Waals surface area contributed by atoms with Gasteiger partial charge in [0.05, 0.1) is 17.4 Å². The maximum atomic E-state index is 11.1. The highest BCUT2D eigenvalue weighted by molar-refractivity contribution is 7.12. The fraction of sp³-hybridized carbons (Fsp3) is 0.500. The molecule has 3 N–H and O–H groups in total. The molecule has 1 fully saturated rings. The van der Waals surface area contributed by atoms with Gasteiger partial charge in [-0.1, -0.05) is 11.8 Å². The number of nitrogens with zero attached hydrogens (tertiary/aromatic N) is 1. The van der Waals surface area contributed by atoms with Crippen molar-refractivity contribution >= 4 is 17.2 Å². The van der Waals surface area contributed by atoms with E-state index in [0.29, 0.717) is 6.42 Å². The minimum atomic E-state index is -0.191. The topological polar surface area (TPSA) is 66.6 Å². The monoisotopic (exact) mass is 278 g/mol. The number of nitrogens with two attached hydrogens (primary N) is 1. The number of carbonyl (C=O) groups excluding carboxylic acids is 1. The van der Waals surface area contributed by atoms with Gasteiger partial charge < -0.3 is 10.8 Å². The maximum absolute atomic E-state index is 11.1. The van der Waals surface area contributed by atoms with Crippen molar-refractivity contribution < 1.29 is 9.90 Å². The Morgan fingerprint density at radius 3 is 3.11 bits per heavy atom. The third-order valence-corrected chi connectivity index (χ3v) is 4.15. The molecule has 0 bridgehead atoms. The summed E-state index contributed by atoms with van der Waals surface area (Å²) in [5, 5.41) is 8.67. The molecule has 2 rings (SSSR count). The van der Waals surface area contributed by atoms with Gasteiger partial charge in [0.1, 0.15) is 0 Å². The van der Waals surface area contributed by atoms with Gasteiger partial charge in [-0.05, 0) is 25.1 Å². The van der Waals surface area contributed by atoms with Gasteiger partial charge in [-0.15, -0.1) is 11.3 Å². The Bertz CT molecular complexity index is 501. The highest BCUT2D eigenvalue weighted by Gasteiger charge is 2.26. The average molecular weight is 278 g/mol. The molecule has 102 valence electrons. The van der Waals surface area contributed by atoms with Crippen LogP contribution in [0.3, 0.4) is 0 Å². The number of amides is 1. The van der Waals surface area contributed by atoms with E-state index < -0.39 is 0 Å². The predicted molar refractivity (Wildman–Crippen MR) is 75.5 cm³/mol. The molecule has 1 saturated heterocycles. The van der Waals surface area contributed by atoms with E-state index in [4.69, 9.17) is 10.8 Å². The lowest BCUT2D eigenvalue weighted by Gasteiger charge is -2.13. The fourth-order valence-electron chi connectivity index (χ4n) is 2.16. The van der Waals surface area contributed by atoms with E-state index in [9.17, 15) is 4.79 Å². The van der Waals surface area contributed by atoms with E-state index in [1.54, 1.807) is 11.3 Å². The van der Waals surface area contributed by atoms with Crippen LogP contribution in [0, 0.1) is 17.8 Å². The number of hydrogen-bond acceptors (Lipinski definition) is 4. The molecule has 1 aliphatic rings. The zero-order chi connectivity index (χ0) is 13.7. The highest BCUT2D eigenvalue weighted by atomic mass is 32.1. The van der Waals surface area contributed by atoms with E-state index in [0.717, 1.165) is 30.9 Å². The number of thiophene rings is 1. The molecule has 4 nitrogen and oxygen atoms in total. The van der Waals surface area contributed by atoms with E-state index >= 15 is 0 Å². The van der Waals surface area contributed by atoms with E-state index in [1.807, 2.05) is 6.07 Å². The van der Waals surface area contributed by atoms with Gasteiger partial charge in [0, 0.05) is 24.4 Å². The molecule has 1 unspecified atom stereocenters. The number of aliphatic hydroxyl groups is 1. The number of likely N-dealkylation sites (tertiary alicyclic amines) is 1. The average Bonchev–Trinajstić information content (AvgIpc) is 3.00. The van der Waals surface area contributed by atoms with Crippen LogP contribution in [-0.2, 0) is 11.3 Å². The van der Waals surface area contributed by atoms with Crippen molar-refractivity contribution in [2.75, 3.05) is 19.7 Å². The molecule has 0 aliphatic carbocycles. The Hall–Kier alpha value is -1.35. The van der Waals surface area contributed by atoms with Crippen LogP contribution in [0.5, 0.6) is 0 Å². The summed E-state index contributed by atoms with van der Waals surface area (Å²) >= 11 is 1.67. The molecule has 0 aromatic carbocycles. The maximum Gasteiger partial charge on any atom is 0.221 e. The van der Waals surface area contributed by atoms with E-state index in [1.165, 1.54) is 4.88 Å². The number of hydrogen-bond donors (Lipinski definition) is 2. The lowest BCUT2D eigenvalue weighted by molar-refractivity contribution is -0.121. The van der Waals surface area contributed by atoms with Crippen LogP contribution in [0.4, 0.5) is 0 Å². The molecule has 0 radical (unpaired) electrons. The second-order valence-corrected chi connectivity index (χ2v) is 5.83. The summed E-state index contributed by atoms with van der Waals surface area (Å²) in [6.45, 7) is 2.65. The third-order valence-electron chi connectivity index (χ3n) is 3.16. The minimum Gasteiger partial charge on any atom is -0.395 e. The van der Waals surface area contributed by atoms with Crippen LogP contribution in [0.2, 0.25) is 0 Å². The smallest absolute Gasteiger partial charge is 0.221 e. The van der Waals surface area contributed by atoms with Gasteiger partial charge in [0.2, 0.25) is 5.91 Å². The summed E-state index contributed by atoms with van der Waals surface area (Å²) in [5.74, 6) is 5.76. The summed E-state index contributed by atoms with van der Waals surface area (Å²) in [6.07, 6.45) is 1.38. The first-order valence-electron chi connectivity index (χ1n) is 6.39. The molecule has 2 heterocycles. The SMILES string of the molecule is NC(=O)C1CCN(Cc2ccc(C#CCCO)s2)C1. The second-order valence-electron chi connectivity index (χ2n) is 4.66. The normalized spacial score (nSPS) is 19.1. The molecule has 1 amide bonds. The second kappa shape index (κ2) is 6.71. The minimum absolute atomic E-state index is 0.00350. The summed E-state index contributed by atoms with van der Waals surface area (Å²) in [7, 11) is 0. The molecular weight excluding hydrogens is 260 g/mol. The van der Waals surface area contributed by atoms with E-state index in [2.05, 4.69) is 22.8 Å². The van der Waals surface area contributed by atoms with Crippen molar-refractivity contribution in [1.82, 2.24) is 4.90 Å². The largest absolute Gasteiger partial charge is 0.395 e. The van der Waals surface area contributed by atoms with Gasteiger partial charge >= 0.3 is 0 Å². The summed E-state index contributed by atoms with van der Waals surface area (Å²) < 4.78 is 0. The Labute approximate surface area is 117 Å². The molecule has 1 aromatic heterocycles.